The van der Waals surface area contributed by atoms with Crippen LogP contribution in [-0.4, -0.2) is 6.16 Å². The number of hydrogen-bond acceptors (Lipinski definition) is 7. The Morgan fingerprint density at radius 3 is 1.75 bits per heavy atom. The minimum Gasteiger partial charge on any atom is -0.465 e. The first-order valence-corrected chi connectivity index (χ1v) is 5.58. The smallest absolute Gasteiger partial charge is 0.465 e. The van der Waals surface area contributed by atoms with Gasteiger partial charge >= 0.3 is 6.16 Å². The Kier molecular flexibility index (Phi) is 4.33. The molecule has 0 spiro atoms. The quantitative estimate of drug-likeness (QED) is 0.781. The molecule has 0 unspecified atom stereocenters. The van der Waals surface area contributed by atoms with E-state index in [1.54, 1.807) is 0 Å². The Morgan fingerprint density at radius 2 is 1.35 bits per heavy atom. The van der Waals surface area contributed by atoms with Crippen LogP contribution in [-0.2, 0) is 22.7 Å². The van der Waals surface area contributed by atoms with Gasteiger partial charge in [-0.25, -0.2) is 4.79 Å². The van der Waals surface area contributed by atoms with Crippen LogP contribution in [0, 0.1) is 0 Å². The molecule has 0 aromatic carbocycles. The highest BCUT2D eigenvalue weighted by atomic mass is 16.7. The van der Waals surface area contributed by atoms with Crippen LogP contribution in [0.2, 0.25) is 0 Å². The summed E-state index contributed by atoms with van der Waals surface area (Å²) in [6.45, 7) is -0.457. The largest absolute Gasteiger partial charge is 0.509 e. The molecule has 2 rings (SSSR count). The highest BCUT2D eigenvalue weighted by Gasteiger charge is 2.07. The SMILES string of the molecule is O=C(OCc1cc(=O)cco1)OCc1cc(=O)cco1. The van der Waals surface area contributed by atoms with Gasteiger partial charge in [0.05, 0.1) is 12.5 Å². The Bertz CT molecular complexity index is 638. The lowest BCUT2D eigenvalue weighted by molar-refractivity contribution is 0.0355. The van der Waals surface area contributed by atoms with Crippen molar-refractivity contribution in [2.75, 3.05) is 0 Å². The predicted octanol–water partition coefficient (Wildman–Crippen LogP) is 1.45. The average Bonchev–Trinajstić information content (AvgIpc) is 2.43. The van der Waals surface area contributed by atoms with E-state index < -0.39 is 6.16 Å². The summed E-state index contributed by atoms with van der Waals surface area (Å²) < 4.78 is 19.3. The summed E-state index contributed by atoms with van der Waals surface area (Å²) >= 11 is 0. The van der Waals surface area contributed by atoms with Gasteiger partial charge in [0.1, 0.15) is 11.5 Å². The molecule has 0 N–H and O–H groups in total. The maximum absolute atomic E-state index is 11.3. The van der Waals surface area contributed by atoms with E-state index in [1.165, 1.54) is 36.8 Å². The number of carbonyl (C=O) groups excluding carboxylic acids is 1. The summed E-state index contributed by atoms with van der Waals surface area (Å²) in [6.07, 6.45) is 1.43. The summed E-state index contributed by atoms with van der Waals surface area (Å²) in [4.78, 5) is 33.3. The third kappa shape index (κ3) is 4.13. The fourth-order valence-electron chi connectivity index (χ4n) is 1.31. The summed E-state index contributed by atoms with van der Waals surface area (Å²) in [7, 11) is 0. The van der Waals surface area contributed by atoms with Crippen molar-refractivity contribution in [3.05, 3.63) is 68.8 Å². The molecule has 0 saturated heterocycles. The topological polar surface area (TPSA) is 96.0 Å². The zero-order chi connectivity index (χ0) is 14.4. The van der Waals surface area contributed by atoms with Crippen molar-refractivity contribution >= 4 is 6.16 Å². The van der Waals surface area contributed by atoms with Crippen molar-refractivity contribution < 1.29 is 23.1 Å². The summed E-state index contributed by atoms with van der Waals surface area (Å²) in [5.41, 5.74) is -0.511. The van der Waals surface area contributed by atoms with Crippen molar-refractivity contribution in [1.82, 2.24) is 0 Å². The zero-order valence-corrected chi connectivity index (χ0v) is 10.2. The molecule has 2 heterocycles. The van der Waals surface area contributed by atoms with Crippen molar-refractivity contribution in [2.24, 2.45) is 0 Å². The van der Waals surface area contributed by atoms with Crippen LogP contribution >= 0.6 is 0 Å². The molecule has 0 bridgehead atoms. The summed E-state index contributed by atoms with van der Waals surface area (Å²) in [5.74, 6) is 0.390. The van der Waals surface area contributed by atoms with Gasteiger partial charge in [0, 0.05) is 24.3 Å². The van der Waals surface area contributed by atoms with Gasteiger partial charge in [-0.2, -0.15) is 0 Å². The molecule has 0 aliphatic carbocycles. The van der Waals surface area contributed by atoms with Gasteiger partial charge in [-0.15, -0.1) is 0 Å². The number of rotatable bonds is 4. The van der Waals surface area contributed by atoms with E-state index >= 15 is 0 Å². The average molecular weight is 278 g/mol. The molecular weight excluding hydrogens is 268 g/mol. The second-order valence-corrected chi connectivity index (χ2v) is 3.69. The minimum absolute atomic E-state index is 0.195. The first-order valence-electron chi connectivity index (χ1n) is 5.58. The van der Waals surface area contributed by atoms with Crippen LogP contribution in [0.1, 0.15) is 11.5 Å². The first-order chi connectivity index (χ1) is 9.63. The van der Waals surface area contributed by atoms with Crippen LogP contribution in [0.15, 0.2) is 55.2 Å². The highest BCUT2D eigenvalue weighted by molar-refractivity contribution is 5.59. The molecule has 0 atom stereocenters. The van der Waals surface area contributed by atoms with Crippen molar-refractivity contribution in [1.29, 1.82) is 0 Å². The first kappa shape index (κ1) is 13.6. The van der Waals surface area contributed by atoms with Gasteiger partial charge in [-0.1, -0.05) is 0 Å². The standard InChI is InChI=1S/C13H10O7/c14-9-1-3-17-11(5-9)7-19-13(16)20-8-12-6-10(15)2-4-18-12/h1-6H,7-8H2. The van der Waals surface area contributed by atoms with Gasteiger partial charge in [0.25, 0.3) is 0 Å². The maximum atomic E-state index is 11.3. The lowest BCUT2D eigenvalue weighted by atomic mass is 10.4. The third-order valence-corrected chi connectivity index (χ3v) is 2.17. The van der Waals surface area contributed by atoms with E-state index in [2.05, 4.69) is 0 Å². The molecule has 104 valence electrons. The normalized spacial score (nSPS) is 10.0. The molecule has 0 aliphatic heterocycles. The van der Waals surface area contributed by atoms with Gasteiger partial charge < -0.3 is 18.3 Å². The molecule has 7 nitrogen and oxygen atoms in total. The number of hydrogen-bond donors (Lipinski definition) is 0. The molecule has 0 amide bonds. The lowest BCUT2D eigenvalue weighted by Crippen LogP contribution is -2.09. The molecule has 0 fully saturated rings. The van der Waals surface area contributed by atoms with Crippen LogP contribution in [0.5, 0.6) is 0 Å². The molecule has 7 heteroatoms. The molecular formula is C13H10O7. The van der Waals surface area contributed by atoms with Crippen molar-refractivity contribution in [3.63, 3.8) is 0 Å². The van der Waals surface area contributed by atoms with Crippen LogP contribution in [0.25, 0.3) is 0 Å². The number of carbonyl (C=O) groups is 1. The fraction of sp³-hybridized carbons (Fsp3) is 0.154. The molecule has 20 heavy (non-hydrogen) atoms. The maximum Gasteiger partial charge on any atom is 0.509 e. The Labute approximate surface area is 112 Å². The molecule has 2 aromatic rings. The molecule has 2 aromatic heterocycles. The predicted molar refractivity (Wildman–Crippen MR) is 64.9 cm³/mol. The van der Waals surface area contributed by atoms with E-state index in [0.717, 1.165) is 0 Å². The van der Waals surface area contributed by atoms with Gasteiger partial charge in [-0.3, -0.25) is 9.59 Å². The summed E-state index contributed by atoms with van der Waals surface area (Å²) in [6, 6.07) is 4.87. The van der Waals surface area contributed by atoms with Gasteiger partial charge in [0.15, 0.2) is 24.1 Å². The van der Waals surface area contributed by atoms with Crippen molar-refractivity contribution in [2.45, 2.75) is 13.2 Å². The lowest BCUT2D eigenvalue weighted by Gasteiger charge is -2.04. The van der Waals surface area contributed by atoms with Crippen LogP contribution in [0.4, 0.5) is 4.79 Å². The molecule has 0 radical (unpaired) electrons. The van der Waals surface area contributed by atoms with Gasteiger partial charge in [0.2, 0.25) is 0 Å². The second kappa shape index (κ2) is 6.37. The van der Waals surface area contributed by atoms with E-state index in [4.69, 9.17) is 18.3 Å². The van der Waals surface area contributed by atoms with Gasteiger partial charge in [-0.05, 0) is 0 Å². The Morgan fingerprint density at radius 1 is 0.900 bits per heavy atom. The van der Waals surface area contributed by atoms with E-state index in [1.807, 2.05) is 0 Å². The van der Waals surface area contributed by atoms with Crippen LogP contribution in [0.3, 0.4) is 0 Å². The zero-order valence-electron chi connectivity index (χ0n) is 10.2. The number of ether oxygens (including phenoxy) is 2. The molecule has 0 saturated carbocycles. The molecule has 0 aliphatic rings. The summed E-state index contributed by atoms with van der Waals surface area (Å²) in [5, 5.41) is 0. The van der Waals surface area contributed by atoms with E-state index in [0.29, 0.717) is 0 Å². The Balaban J connectivity index is 1.81. The highest BCUT2D eigenvalue weighted by Crippen LogP contribution is 2.02. The fourth-order valence-corrected chi connectivity index (χ4v) is 1.31. The Hall–Kier alpha value is -2.83. The van der Waals surface area contributed by atoms with Crippen LogP contribution < -0.4 is 10.9 Å². The van der Waals surface area contributed by atoms with E-state index in [9.17, 15) is 14.4 Å². The second-order valence-electron chi connectivity index (χ2n) is 3.69. The monoisotopic (exact) mass is 278 g/mol. The third-order valence-electron chi connectivity index (χ3n) is 2.17. The van der Waals surface area contributed by atoms with Crippen molar-refractivity contribution in [3.8, 4) is 0 Å². The minimum atomic E-state index is -0.969. The van der Waals surface area contributed by atoms with E-state index in [-0.39, 0.29) is 35.6 Å².